The Morgan fingerprint density at radius 1 is 1.50 bits per heavy atom. The van der Waals surface area contributed by atoms with Crippen molar-refractivity contribution in [2.45, 2.75) is 13.3 Å². The summed E-state index contributed by atoms with van der Waals surface area (Å²) in [6, 6.07) is 7.91. The lowest BCUT2D eigenvalue weighted by Gasteiger charge is -2.05. The van der Waals surface area contributed by atoms with Crippen LogP contribution >= 0.6 is 0 Å². The van der Waals surface area contributed by atoms with Crippen LogP contribution in [-0.4, -0.2) is 13.1 Å². The number of benzene rings is 1. The van der Waals surface area contributed by atoms with Crippen molar-refractivity contribution in [3.05, 3.63) is 42.0 Å². The molecule has 0 radical (unpaired) electrons. The predicted octanol–water partition coefficient (Wildman–Crippen LogP) is 2.57. The maximum Gasteiger partial charge on any atom is 0.309 e. The summed E-state index contributed by atoms with van der Waals surface area (Å²) in [4.78, 5) is 11.0. The number of carbonyl (C=O) groups excluding carboxylic acids is 1. The van der Waals surface area contributed by atoms with Gasteiger partial charge in [-0.2, -0.15) is 0 Å². The standard InChI is InChI=1S/C12H14O2/c1-9-5-4-6-11(7-9)10(2)8-12(13)14-3/h4-7H,2,8H2,1,3H3. The van der Waals surface area contributed by atoms with Crippen molar-refractivity contribution in [3.63, 3.8) is 0 Å². The maximum atomic E-state index is 11.0. The molecular weight excluding hydrogens is 176 g/mol. The molecule has 0 N–H and O–H groups in total. The van der Waals surface area contributed by atoms with Crippen molar-refractivity contribution < 1.29 is 9.53 Å². The summed E-state index contributed by atoms with van der Waals surface area (Å²) in [6.07, 6.45) is 0.250. The molecule has 1 rings (SSSR count). The summed E-state index contributed by atoms with van der Waals surface area (Å²) < 4.78 is 4.57. The molecule has 0 bridgehead atoms. The lowest BCUT2D eigenvalue weighted by molar-refractivity contribution is -0.139. The van der Waals surface area contributed by atoms with Crippen LogP contribution in [0.5, 0.6) is 0 Å². The van der Waals surface area contributed by atoms with E-state index < -0.39 is 0 Å². The molecule has 0 fully saturated rings. The van der Waals surface area contributed by atoms with Gasteiger partial charge in [-0.25, -0.2) is 0 Å². The fourth-order valence-electron chi connectivity index (χ4n) is 1.21. The Kier molecular flexibility index (Phi) is 3.46. The van der Waals surface area contributed by atoms with Crippen LogP contribution in [0.3, 0.4) is 0 Å². The van der Waals surface area contributed by atoms with Gasteiger partial charge in [0.25, 0.3) is 0 Å². The molecule has 0 spiro atoms. The van der Waals surface area contributed by atoms with Crippen LogP contribution in [0.4, 0.5) is 0 Å². The average Bonchev–Trinajstić information content (AvgIpc) is 2.17. The van der Waals surface area contributed by atoms with Gasteiger partial charge in [0.1, 0.15) is 0 Å². The van der Waals surface area contributed by atoms with E-state index in [1.807, 2.05) is 31.2 Å². The molecule has 0 aliphatic rings. The second kappa shape index (κ2) is 4.61. The Balaban J connectivity index is 2.75. The predicted molar refractivity (Wildman–Crippen MR) is 56.8 cm³/mol. The molecule has 0 aromatic heterocycles. The highest BCUT2D eigenvalue weighted by atomic mass is 16.5. The molecule has 0 unspecified atom stereocenters. The molecule has 0 saturated carbocycles. The van der Waals surface area contributed by atoms with E-state index >= 15 is 0 Å². The molecule has 1 aromatic rings. The van der Waals surface area contributed by atoms with E-state index in [-0.39, 0.29) is 12.4 Å². The van der Waals surface area contributed by atoms with Crippen LogP contribution in [0.1, 0.15) is 17.5 Å². The highest BCUT2D eigenvalue weighted by Crippen LogP contribution is 2.17. The van der Waals surface area contributed by atoms with Crippen LogP contribution in [0.25, 0.3) is 5.57 Å². The monoisotopic (exact) mass is 190 g/mol. The van der Waals surface area contributed by atoms with Gasteiger partial charge in [0.15, 0.2) is 0 Å². The number of hydrogen-bond acceptors (Lipinski definition) is 2. The fraction of sp³-hybridized carbons (Fsp3) is 0.250. The zero-order valence-electron chi connectivity index (χ0n) is 8.54. The van der Waals surface area contributed by atoms with E-state index in [0.717, 1.165) is 16.7 Å². The van der Waals surface area contributed by atoms with Gasteiger partial charge in [-0.3, -0.25) is 4.79 Å². The molecule has 74 valence electrons. The highest BCUT2D eigenvalue weighted by Gasteiger charge is 2.05. The van der Waals surface area contributed by atoms with Gasteiger partial charge >= 0.3 is 5.97 Å². The number of rotatable bonds is 3. The van der Waals surface area contributed by atoms with E-state index in [0.29, 0.717) is 0 Å². The smallest absolute Gasteiger partial charge is 0.309 e. The first-order chi connectivity index (χ1) is 6.63. The number of aryl methyl sites for hydroxylation is 1. The van der Waals surface area contributed by atoms with E-state index in [2.05, 4.69) is 11.3 Å². The molecule has 2 nitrogen and oxygen atoms in total. The van der Waals surface area contributed by atoms with Gasteiger partial charge in [-0.05, 0) is 18.1 Å². The van der Waals surface area contributed by atoms with Crippen molar-refractivity contribution >= 4 is 11.5 Å². The van der Waals surface area contributed by atoms with Gasteiger partial charge < -0.3 is 4.74 Å². The van der Waals surface area contributed by atoms with Crippen LogP contribution in [0, 0.1) is 6.92 Å². The Labute approximate surface area is 84.2 Å². The van der Waals surface area contributed by atoms with Crippen molar-refractivity contribution in [1.29, 1.82) is 0 Å². The second-order valence-electron chi connectivity index (χ2n) is 3.23. The first-order valence-corrected chi connectivity index (χ1v) is 4.45. The maximum absolute atomic E-state index is 11.0. The summed E-state index contributed by atoms with van der Waals surface area (Å²) in [5.41, 5.74) is 2.95. The average molecular weight is 190 g/mol. The molecule has 0 saturated heterocycles. The zero-order chi connectivity index (χ0) is 10.6. The molecule has 2 heteroatoms. The molecule has 0 aliphatic carbocycles. The van der Waals surface area contributed by atoms with Gasteiger partial charge in [-0.1, -0.05) is 36.4 Å². The first-order valence-electron chi connectivity index (χ1n) is 4.45. The minimum absolute atomic E-state index is 0.250. The molecule has 1 aromatic carbocycles. The molecule has 0 amide bonds. The van der Waals surface area contributed by atoms with Crippen molar-refractivity contribution in [2.75, 3.05) is 7.11 Å². The highest BCUT2D eigenvalue weighted by molar-refractivity contribution is 5.84. The van der Waals surface area contributed by atoms with E-state index in [9.17, 15) is 4.79 Å². The van der Waals surface area contributed by atoms with Crippen LogP contribution in [0.15, 0.2) is 30.8 Å². The van der Waals surface area contributed by atoms with Crippen LogP contribution < -0.4 is 0 Å². The van der Waals surface area contributed by atoms with E-state index in [4.69, 9.17) is 0 Å². The van der Waals surface area contributed by atoms with Crippen molar-refractivity contribution in [2.24, 2.45) is 0 Å². The number of carbonyl (C=O) groups is 1. The normalized spacial score (nSPS) is 9.57. The molecular formula is C12H14O2. The molecule has 0 atom stereocenters. The number of ether oxygens (including phenoxy) is 1. The minimum Gasteiger partial charge on any atom is -0.469 e. The second-order valence-corrected chi connectivity index (χ2v) is 3.23. The number of methoxy groups -OCH3 is 1. The number of hydrogen-bond donors (Lipinski definition) is 0. The Morgan fingerprint density at radius 3 is 2.79 bits per heavy atom. The summed E-state index contributed by atoms with van der Waals surface area (Å²) in [5, 5.41) is 0. The van der Waals surface area contributed by atoms with Crippen molar-refractivity contribution in [3.8, 4) is 0 Å². The molecule has 0 heterocycles. The SMILES string of the molecule is C=C(CC(=O)OC)c1cccc(C)c1. The van der Waals surface area contributed by atoms with Gasteiger partial charge in [0.2, 0.25) is 0 Å². The van der Waals surface area contributed by atoms with E-state index in [1.165, 1.54) is 7.11 Å². The van der Waals surface area contributed by atoms with Crippen molar-refractivity contribution in [1.82, 2.24) is 0 Å². The lowest BCUT2D eigenvalue weighted by Crippen LogP contribution is -2.00. The summed E-state index contributed by atoms with van der Waals surface area (Å²) >= 11 is 0. The topological polar surface area (TPSA) is 26.3 Å². The largest absolute Gasteiger partial charge is 0.469 e. The third kappa shape index (κ3) is 2.73. The van der Waals surface area contributed by atoms with Gasteiger partial charge in [0.05, 0.1) is 13.5 Å². The van der Waals surface area contributed by atoms with Gasteiger partial charge in [-0.15, -0.1) is 0 Å². The van der Waals surface area contributed by atoms with Crippen LogP contribution in [0.2, 0.25) is 0 Å². The van der Waals surface area contributed by atoms with Crippen LogP contribution in [-0.2, 0) is 9.53 Å². The number of esters is 1. The third-order valence-electron chi connectivity index (χ3n) is 2.01. The summed E-state index contributed by atoms with van der Waals surface area (Å²) in [6.45, 7) is 5.86. The van der Waals surface area contributed by atoms with E-state index in [1.54, 1.807) is 0 Å². The first kappa shape index (κ1) is 10.5. The van der Waals surface area contributed by atoms with Gasteiger partial charge in [0, 0.05) is 0 Å². The minimum atomic E-state index is -0.253. The Hall–Kier alpha value is -1.57. The molecule has 0 aliphatic heterocycles. The quantitative estimate of drug-likeness (QED) is 0.685. The zero-order valence-corrected chi connectivity index (χ0v) is 8.54. The summed E-state index contributed by atoms with van der Waals surface area (Å²) in [7, 11) is 1.38. The molecule has 14 heavy (non-hydrogen) atoms. The Bertz CT molecular complexity index is 353. The summed E-state index contributed by atoms with van der Waals surface area (Å²) in [5.74, 6) is -0.253. The lowest BCUT2D eigenvalue weighted by atomic mass is 10.0. The third-order valence-corrected chi connectivity index (χ3v) is 2.01. The Morgan fingerprint density at radius 2 is 2.21 bits per heavy atom. The fourth-order valence-corrected chi connectivity index (χ4v) is 1.21.